The monoisotopic (exact) mass is 458 g/mol. The van der Waals surface area contributed by atoms with E-state index in [1.54, 1.807) is 12.4 Å². The molecule has 1 saturated heterocycles. The first-order chi connectivity index (χ1) is 16.7. The van der Waals surface area contributed by atoms with Gasteiger partial charge in [-0.15, -0.1) is 0 Å². The van der Waals surface area contributed by atoms with Crippen molar-refractivity contribution in [1.82, 2.24) is 15.0 Å². The van der Waals surface area contributed by atoms with Crippen LogP contribution in [0.1, 0.15) is 19.8 Å². The van der Waals surface area contributed by atoms with Crippen LogP contribution in [0.25, 0.3) is 33.3 Å². The summed E-state index contributed by atoms with van der Waals surface area (Å²) >= 11 is 0. The van der Waals surface area contributed by atoms with Crippen molar-refractivity contribution >= 4 is 45.1 Å². The SMILES string of the molecule is CCNc1ncc(-c2nc3cc(N4CCOCC4)ccc3o2)c2cc(NC(=O)C3CC3)ncc12. The van der Waals surface area contributed by atoms with Crippen LogP contribution in [0.2, 0.25) is 0 Å². The Kier molecular flexibility index (Phi) is 5.26. The molecule has 4 aromatic rings. The van der Waals surface area contributed by atoms with E-state index in [-0.39, 0.29) is 11.8 Å². The quantitative estimate of drug-likeness (QED) is 0.446. The average molecular weight is 459 g/mol. The number of rotatable bonds is 6. The van der Waals surface area contributed by atoms with Gasteiger partial charge in [0.1, 0.15) is 17.2 Å². The normalized spacial score (nSPS) is 16.2. The lowest BCUT2D eigenvalue weighted by atomic mass is 10.1. The Morgan fingerprint density at radius 1 is 1.12 bits per heavy atom. The molecule has 2 aliphatic rings. The van der Waals surface area contributed by atoms with Crippen LogP contribution < -0.4 is 15.5 Å². The second-order valence-electron chi connectivity index (χ2n) is 8.70. The second-order valence-corrected chi connectivity index (χ2v) is 8.70. The van der Waals surface area contributed by atoms with E-state index >= 15 is 0 Å². The minimum absolute atomic E-state index is 0.0202. The summed E-state index contributed by atoms with van der Waals surface area (Å²) in [7, 11) is 0. The number of nitrogens with zero attached hydrogens (tertiary/aromatic N) is 4. The fourth-order valence-corrected chi connectivity index (χ4v) is 4.31. The second kappa shape index (κ2) is 8.57. The number of fused-ring (bicyclic) bond motifs is 2. The van der Waals surface area contributed by atoms with Gasteiger partial charge in [-0.3, -0.25) is 4.79 Å². The molecule has 0 radical (unpaired) electrons. The van der Waals surface area contributed by atoms with Gasteiger partial charge in [0.2, 0.25) is 11.8 Å². The summed E-state index contributed by atoms with van der Waals surface area (Å²) in [6.07, 6.45) is 5.38. The fraction of sp³-hybridized carbons (Fsp3) is 0.360. The highest BCUT2D eigenvalue weighted by Gasteiger charge is 2.30. The number of pyridine rings is 2. The predicted molar refractivity (Wildman–Crippen MR) is 131 cm³/mol. The lowest BCUT2D eigenvalue weighted by Crippen LogP contribution is -2.36. The number of aromatic nitrogens is 3. The Hall–Kier alpha value is -3.72. The molecule has 0 spiro atoms. The number of morpholine rings is 1. The molecule has 0 unspecified atom stereocenters. The number of anilines is 3. The first-order valence-electron chi connectivity index (χ1n) is 11.8. The van der Waals surface area contributed by atoms with Crippen molar-refractivity contribution in [2.45, 2.75) is 19.8 Å². The Balaban J connectivity index is 1.41. The number of carbonyl (C=O) groups excluding carboxylic acids is 1. The molecule has 1 saturated carbocycles. The lowest BCUT2D eigenvalue weighted by Gasteiger charge is -2.28. The molecule has 9 nitrogen and oxygen atoms in total. The van der Waals surface area contributed by atoms with Crippen LogP contribution in [-0.2, 0) is 9.53 Å². The van der Waals surface area contributed by atoms with E-state index in [2.05, 4.69) is 37.6 Å². The predicted octanol–water partition coefficient (Wildman–Crippen LogP) is 4.05. The summed E-state index contributed by atoms with van der Waals surface area (Å²) in [6.45, 7) is 5.93. The van der Waals surface area contributed by atoms with Crippen LogP contribution in [0.3, 0.4) is 0 Å². The standard InChI is InChI=1S/C25H26N6O3/c1-2-26-23-18-13-27-22(30-24(32)15-3-4-15)12-17(18)19(14-28-23)25-29-20-11-16(5-6-21(20)34-25)31-7-9-33-10-8-31/h5-6,11-15H,2-4,7-10H2,1H3,(H,26,28)(H,27,30,32). The van der Waals surface area contributed by atoms with Gasteiger partial charge in [0.15, 0.2) is 5.58 Å². The van der Waals surface area contributed by atoms with Gasteiger partial charge in [-0.2, -0.15) is 0 Å². The van der Waals surface area contributed by atoms with Crippen LogP contribution in [0.5, 0.6) is 0 Å². The third kappa shape index (κ3) is 3.92. The van der Waals surface area contributed by atoms with E-state index in [1.807, 2.05) is 19.1 Å². The Labute approximate surface area is 196 Å². The minimum Gasteiger partial charge on any atom is -0.436 e. The lowest BCUT2D eigenvalue weighted by molar-refractivity contribution is -0.117. The van der Waals surface area contributed by atoms with Crippen LogP contribution >= 0.6 is 0 Å². The highest BCUT2D eigenvalue weighted by atomic mass is 16.5. The maximum absolute atomic E-state index is 12.3. The van der Waals surface area contributed by atoms with Crippen LogP contribution in [0, 0.1) is 5.92 Å². The number of hydrogen-bond donors (Lipinski definition) is 2. The van der Waals surface area contributed by atoms with Gasteiger partial charge in [0, 0.05) is 54.4 Å². The molecule has 6 rings (SSSR count). The molecule has 9 heteroatoms. The molecule has 2 fully saturated rings. The van der Waals surface area contributed by atoms with E-state index in [0.29, 0.717) is 17.3 Å². The fourth-order valence-electron chi connectivity index (χ4n) is 4.31. The number of benzene rings is 1. The van der Waals surface area contributed by atoms with Crippen LogP contribution in [-0.4, -0.2) is 53.7 Å². The third-order valence-corrected chi connectivity index (χ3v) is 6.29. The number of nitrogens with one attached hydrogen (secondary N) is 2. The molecule has 34 heavy (non-hydrogen) atoms. The van der Waals surface area contributed by atoms with Crippen molar-refractivity contribution in [1.29, 1.82) is 0 Å². The highest BCUT2D eigenvalue weighted by molar-refractivity contribution is 6.03. The average Bonchev–Trinajstić information content (AvgIpc) is 3.64. The maximum Gasteiger partial charge on any atom is 0.229 e. The molecule has 3 aromatic heterocycles. The van der Waals surface area contributed by atoms with E-state index in [4.69, 9.17) is 14.1 Å². The zero-order valence-corrected chi connectivity index (χ0v) is 19.0. The van der Waals surface area contributed by atoms with Crippen molar-refractivity contribution in [2.75, 3.05) is 48.4 Å². The smallest absolute Gasteiger partial charge is 0.229 e. The highest BCUT2D eigenvalue weighted by Crippen LogP contribution is 2.35. The summed E-state index contributed by atoms with van der Waals surface area (Å²) in [5, 5.41) is 7.94. The largest absolute Gasteiger partial charge is 0.436 e. The van der Waals surface area contributed by atoms with Gasteiger partial charge in [-0.25, -0.2) is 15.0 Å². The Bertz CT molecular complexity index is 1370. The Morgan fingerprint density at radius 2 is 1.97 bits per heavy atom. The molecular weight excluding hydrogens is 432 g/mol. The Morgan fingerprint density at radius 3 is 2.76 bits per heavy atom. The number of hydrogen-bond acceptors (Lipinski definition) is 8. The van der Waals surface area contributed by atoms with E-state index in [0.717, 1.165) is 79.0 Å². The van der Waals surface area contributed by atoms with Crippen molar-refractivity contribution in [3.63, 3.8) is 0 Å². The van der Waals surface area contributed by atoms with Crippen LogP contribution in [0.15, 0.2) is 41.1 Å². The van der Waals surface area contributed by atoms with Gasteiger partial charge >= 0.3 is 0 Å². The van der Waals surface area contributed by atoms with Gasteiger partial charge in [-0.05, 0) is 44.0 Å². The summed E-state index contributed by atoms with van der Waals surface area (Å²) in [5.41, 5.74) is 3.37. The van der Waals surface area contributed by atoms with Crippen molar-refractivity contribution in [3.8, 4) is 11.5 Å². The molecule has 1 aliphatic carbocycles. The number of carbonyl (C=O) groups is 1. The van der Waals surface area contributed by atoms with Crippen molar-refractivity contribution in [3.05, 3.63) is 36.7 Å². The summed E-state index contributed by atoms with van der Waals surface area (Å²) in [5.74, 6) is 1.86. The van der Waals surface area contributed by atoms with Crippen LogP contribution in [0.4, 0.5) is 17.3 Å². The van der Waals surface area contributed by atoms with Crippen molar-refractivity contribution < 1.29 is 13.9 Å². The number of ether oxygens (including phenoxy) is 1. The maximum atomic E-state index is 12.3. The number of oxazole rings is 1. The molecule has 4 heterocycles. The van der Waals surface area contributed by atoms with Gasteiger partial charge < -0.3 is 24.7 Å². The first kappa shape index (κ1) is 20.9. The zero-order chi connectivity index (χ0) is 23.1. The molecule has 174 valence electrons. The molecule has 1 aliphatic heterocycles. The van der Waals surface area contributed by atoms with Gasteiger partial charge in [0.25, 0.3) is 0 Å². The summed E-state index contributed by atoms with van der Waals surface area (Å²) in [6, 6.07) is 7.95. The molecule has 0 bridgehead atoms. The minimum atomic E-state index is 0.0202. The zero-order valence-electron chi connectivity index (χ0n) is 19.0. The van der Waals surface area contributed by atoms with Gasteiger partial charge in [-0.1, -0.05) is 0 Å². The topological polar surface area (TPSA) is 105 Å². The van der Waals surface area contributed by atoms with E-state index < -0.39 is 0 Å². The molecular formula is C25H26N6O3. The molecule has 2 N–H and O–H groups in total. The van der Waals surface area contributed by atoms with Crippen molar-refractivity contribution in [2.24, 2.45) is 5.92 Å². The molecule has 1 aromatic carbocycles. The summed E-state index contributed by atoms with van der Waals surface area (Å²) < 4.78 is 11.6. The third-order valence-electron chi connectivity index (χ3n) is 6.29. The molecule has 0 atom stereocenters. The van der Waals surface area contributed by atoms with E-state index in [9.17, 15) is 4.79 Å². The number of amides is 1. The first-order valence-corrected chi connectivity index (χ1v) is 11.8. The van der Waals surface area contributed by atoms with Gasteiger partial charge in [0.05, 0.1) is 18.8 Å². The summed E-state index contributed by atoms with van der Waals surface area (Å²) in [4.78, 5) is 28.5. The molecule has 1 amide bonds. The van der Waals surface area contributed by atoms with E-state index in [1.165, 1.54) is 0 Å².